The van der Waals surface area contributed by atoms with E-state index in [1.54, 1.807) is 0 Å². The van der Waals surface area contributed by atoms with Crippen molar-refractivity contribution in [2.75, 3.05) is 0 Å². The average Bonchev–Trinajstić information content (AvgIpc) is 3.14. The van der Waals surface area contributed by atoms with Gasteiger partial charge in [0, 0.05) is 6.04 Å². The highest BCUT2D eigenvalue weighted by Gasteiger charge is 2.38. The van der Waals surface area contributed by atoms with E-state index in [9.17, 15) is 4.79 Å². The summed E-state index contributed by atoms with van der Waals surface area (Å²) >= 11 is 0. The highest BCUT2D eigenvalue weighted by Crippen LogP contribution is 2.43. The van der Waals surface area contributed by atoms with Gasteiger partial charge in [0.15, 0.2) is 0 Å². The van der Waals surface area contributed by atoms with Crippen LogP contribution >= 0.6 is 0 Å². The number of carbonyl (C=O) groups is 1. The van der Waals surface area contributed by atoms with Crippen molar-refractivity contribution in [1.82, 2.24) is 5.32 Å². The van der Waals surface area contributed by atoms with Crippen LogP contribution < -0.4 is 5.32 Å². The Morgan fingerprint density at radius 2 is 1.81 bits per heavy atom. The third-order valence-electron chi connectivity index (χ3n) is 3.46. The molecular formula is C14H17NO. The average molecular weight is 215 g/mol. The summed E-state index contributed by atoms with van der Waals surface area (Å²) in [6.45, 7) is 0. The maximum atomic E-state index is 12.2. The van der Waals surface area contributed by atoms with Crippen LogP contribution in [0.5, 0.6) is 0 Å². The van der Waals surface area contributed by atoms with Gasteiger partial charge in [-0.15, -0.1) is 0 Å². The van der Waals surface area contributed by atoms with Gasteiger partial charge < -0.3 is 5.32 Å². The van der Waals surface area contributed by atoms with Crippen molar-refractivity contribution in [2.24, 2.45) is 5.92 Å². The van der Waals surface area contributed by atoms with Crippen LogP contribution in [-0.4, -0.2) is 11.9 Å². The third kappa shape index (κ3) is 2.11. The fraction of sp³-hybridized carbons (Fsp3) is 0.500. The summed E-state index contributed by atoms with van der Waals surface area (Å²) < 4.78 is 0. The molecule has 0 saturated heterocycles. The fourth-order valence-corrected chi connectivity index (χ4v) is 2.25. The molecule has 2 aliphatic rings. The molecule has 1 atom stereocenters. The van der Waals surface area contributed by atoms with E-state index in [4.69, 9.17) is 0 Å². The van der Waals surface area contributed by atoms with Gasteiger partial charge in [0.2, 0.25) is 5.91 Å². The van der Waals surface area contributed by atoms with Crippen molar-refractivity contribution in [3.05, 3.63) is 35.9 Å². The molecule has 2 fully saturated rings. The first-order chi connectivity index (χ1) is 7.84. The van der Waals surface area contributed by atoms with Crippen molar-refractivity contribution in [2.45, 2.75) is 37.6 Å². The van der Waals surface area contributed by atoms with Crippen LogP contribution in [0, 0.1) is 5.92 Å². The predicted molar refractivity (Wildman–Crippen MR) is 63.1 cm³/mol. The molecule has 1 unspecified atom stereocenters. The van der Waals surface area contributed by atoms with Crippen LogP contribution in [0.4, 0.5) is 0 Å². The van der Waals surface area contributed by atoms with Crippen LogP contribution in [0.1, 0.15) is 37.2 Å². The van der Waals surface area contributed by atoms with E-state index < -0.39 is 0 Å². The van der Waals surface area contributed by atoms with Crippen LogP contribution in [0.25, 0.3) is 0 Å². The summed E-state index contributed by atoms with van der Waals surface area (Å²) in [6.07, 6.45) is 4.74. The largest absolute Gasteiger partial charge is 0.353 e. The fourth-order valence-electron chi connectivity index (χ4n) is 2.25. The second-order valence-corrected chi connectivity index (χ2v) is 5.01. The number of rotatable bonds is 4. The van der Waals surface area contributed by atoms with E-state index >= 15 is 0 Å². The Morgan fingerprint density at radius 3 is 2.38 bits per heavy atom. The molecule has 0 aliphatic heterocycles. The van der Waals surface area contributed by atoms with Crippen LogP contribution in [0.15, 0.2) is 30.3 Å². The lowest BCUT2D eigenvalue weighted by Gasteiger charge is -2.16. The van der Waals surface area contributed by atoms with Gasteiger partial charge in [-0.05, 0) is 37.2 Å². The molecule has 0 spiro atoms. The SMILES string of the molecule is O=C(NC1CC1)C(c1ccccc1)C1CC1. The molecule has 2 heteroatoms. The van der Waals surface area contributed by atoms with Crippen LogP contribution in [0.3, 0.4) is 0 Å². The van der Waals surface area contributed by atoms with Gasteiger partial charge in [0.1, 0.15) is 0 Å². The Morgan fingerprint density at radius 1 is 1.12 bits per heavy atom. The Labute approximate surface area is 96.1 Å². The second-order valence-electron chi connectivity index (χ2n) is 5.01. The topological polar surface area (TPSA) is 29.1 Å². The highest BCUT2D eigenvalue weighted by atomic mass is 16.2. The molecule has 1 aromatic carbocycles. The van der Waals surface area contributed by atoms with Gasteiger partial charge in [0.05, 0.1) is 5.92 Å². The zero-order valence-electron chi connectivity index (χ0n) is 9.36. The quantitative estimate of drug-likeness (QED) is 0.821. The predicted octanol–water partition coefficient (Wildman–Crippen LogP) is 2.46. The first-order valence-electron chi connectivity index (χ1n) is 6.20. The van der Waals surface area contributed by atoms with E-state index in [2.05, 4.69) is 17.4 Å². The summed E-state index contributed by atoms with van der Waals surface area (Å²) in [4.78, 5) is 12.2. The summed E-state index contributed by atoms with van der Waals surface area (Å²) in [5, 5.41) is 3.13. The van der Waals surface area contributed by atoms with Gasteiger partial charge in [-0.1, -0.05) is 30.3 Å². The number of nitrogens with one attached hydrogen (secondary N) is 1. The monoisotopic (exact) mass is 215 g/mol. The van der Waals surface area contributed by atoms with Gasteiger partial charge >= 0.3 is 0 Å². The molecule has 1 N–H and O–H groups in total. The maximum Gasteiger partial charge on any atom is 0.228 e. The van der Waals surface area contributed by atoms with Gasteiger partial charge in [-0.2, -0.15) is 0 Å². The number of hydrogen-bond donors (Lipinski definition) is 1. The molecule has 2 aliphatic carbocycles. The summed E-state index contributed by atoms with van der Waals surface area (Å²) in [5.74, 6) is 0.930. The standard InChI is InChI=1S/C14H17NO/c16-14(15-12-8-9-12)13(11-6-7-11)10-4-2-1-3-5-10/h1-5,11-13H,6-9H2,(H,15,16). The minimum absolute atomic E-state index is 0.0989. The summed E-state index contributed by atoms with van der Waals surface area (Å²) in [5.41, 5.74) is 1.18. The Kier molecular flexibility index (Phi) is 2.43. The maximum absolute atomic E-state index is 12.2. The van der Waals surface area contributed by atoms with Gasteiger partial charge in [-0.3, -0.25) is 4.79 Å². The zero-order valence-corrected chi connectivity index (χ0v) is 9.36. The molecule has 0 aromatic heterocycles. The zero-order chi connectivity index (χ0) is 11.0. The summed E-state index contributed by atoms with van der Waals surface area (Å²) in [6, 6.07) is 10.7. The smallest absolute Gasteiger partial charge is 0.228 e. The van der Waals surface area contributed by atoms with E-state index in [-0.39, 0.29) is 11.8 Å². The summed E-state index contributed by atoms with van der Waals surface area (Å²) in [7, 11) is 0. The lowest BCUT2D eigenvalue weighted by molar-refractivity contribution is -0.123. The normalized spacial score (nSPS) is 21.5. The molecule has 16 heavy (non-hydrogen) atoms. The van der Waals surface area contributed by atoms with Crippen LogP contribution in [-0.2, 0) is 4.79 Å². The van der Waals surface area contributed by atoms with Crippen molar-refractivity contribution in [3.63, 3.8) is 0 Å². The van der Waals surface area contributed by atoms with Crippen molar-refractivity contribution in [3.8, 4) is 0 Å². The molecular weight excluding hydrogens is 198 g/mol. The van der Waals surface area contributed by atoms with Crippen LogP contribution in [0.2, 0.25) is 0 Å². The lowest BCUT2D eigenvalue weighted by Crippen LogP contribution is -2.32. The first-order valence-corrected chi connectivity index (χ1v) is 6.20. The molecule has 2 nitrogen and oxygen atoms in total. The molecule has 0 bridgehead atoms. The van der Waals surface area contributed by atoms with Crippen molar-refractivity contribution in [1.29, 1.82) is 0 Å². The van der Waals surface area contributed by atoms with E-state index in [0.29, 0.717) is 12.0 Å². The van der Waals surface area contributed by atoms with Crippen molar-refractivity contribution >= 4 is 5.91 Å². The Hall–Kier alpha value is -1.31. The molecule has 84 valence electrons. The van der Waals surface area contributed by atoms with E-state index in [0.717, 1.165) is 12.8 Å². The first kappa shape index (κ1) is 9.88. The molecule has 0 heterocycles. The second kappa shape index (κ2) is 3.93. The number of carbonyl (C=O) groups excluding carboxylic acids is 1. The molecule has 0 radical (unpaired) electrons. The molecule has 2 saturated carbocycles. The van der Waals surface area contributed by atoms with E-state index in [1.165, 1.54) is 18.4 Å². The molecule has 3 rings (SSSR count). The minimum Gasteiger partial charge on any atom is -0.353 e. The number of amides is 1. The van der Waals surface area contributed by atoms with Crippen molar-refractivity contribution < 1.29 is 4.79 Å². The molecule has 1 amide bonds. The number of benzene rings is 1. The molecule has 1 aromatic rings. The Balaban J connectivity index is 1.77. The highest BCUT2D eigenvalue weighted by molar-refractivity contribution is 5.84. The third-order valence-corrected chi connectivity index (χ3v) is 3.46. The minimum atomic E-state index is 0.0989. The number of hydrogen-bond acceptors (Lipinski definition) is 1. The lowest BCUT2D eigenvalue weighted by atomic mass is 9.93. The Bertz CT molecular complexity index is 379. The van der Waals surface area contributed by atoms with E-state index in [1.807, 2.05) is 18.2 Å². The van der Waals surface area contributed by atoms with Gasteiger partial charge in [0.25, 0.3) is 0 Å². The van der Waals surface area contributed by atoms with Gasteiger partial charge in [-0.25, -0.2) is 0 Å².